The topological polar surface area (TPSA) is 37.1 Å². The highest BCUT2D eigenvalue weighted by Gasteiger charge is 1.77. The van der Waals surface area contributed by atoms with Crippen LogP contribution >= 0.6 is 0 Å². The normalized spacial score (nSPS) is 12.4. The second kappa shape index (κ2) is 5.15. The smallest absolute Gasteiger partial charge is 0.121 e. The van der Waals surface area contributed by atoms with Crippen LogP contribution in [0.4, 0.5) is 0 Å². The molecule has 3 nitrogen and oxygen atoms in total. The Kier molecular flexibility index (Phi) is 4.59. The Morgan fingerprint density at radius 2 is 2.33 bits per heavy atom. The first-order valence-electron chi connectivity index (χ1n) is 2.80. The fraction of sp³-hybridized carbons (Fsp3) is 0.500. The van der Waals surface area contributed by atoms with Crippen LogP contribution in [0.2, 0.25) is 0 Å². The van der Waals surface area contributed by atoms with Gasteiger partial charge in [0.25, 0.3) is 0 Å². The molecule has 0 bridgehead atoms. The molecule has 0 aliphatic heterocycles. The third-order valence-corrected chi connectivity index (χ3v) is 0.713. The number of rotatable bonds is 2. The van der Waals surface area contributed by atoms with E-state index in [2.05, 4.69) is 21.7 Å². The summed E-state index contributed by atoms with van der Waals surface area (Å²) in [5.41, 5.74) is 0. The Morgan fingerprint density at radius 1 is 1.67 bits per heavy atom. The summed E-state index contributed by atoms with van der Waals surface area (Å²) < 4.78 is 0. The Hall–Kier alpha value is -0.990. The molecule has 0 aliphatic carbocycles. The fourth-order valence-electron chi connectivity index (χ4n) is 0.394. The fourth-order valence-corrected chi connectivity index (χ4v) is 0.394. The van der Waals surface area contributed by atoms with Crippen LogP contribution in [0.5, 0.6) is 0 Å². The molecule has 3 heteroatoms. The maximum absolute atomic E-state index is 3.99. The van der Waals surface area contributed by atoms with E-state index in [1.165, 1.54) is 6.34 Å². The van der Waals surface area contributed by atoms with Crippen LogP contribution in [0.25, 0.3) is 0 Å². The molecule has 0 fully saturated rings. The van der Waals surface area contributed by atoms with E-state index in [0.717, 1.165) is 12.4 Å². The molecule has 0 amide bonds. The minimum Gasteiger partial charge on any atom is -0.271 e. The Bertz CT molecular complexity index is 135. The molecule has 0 aromatic heterocycles. The van der Waals surface area contributed by atoms with Crippen LogP contribution in [0.1, 0.15) is 13.8 Å². The van der Waals surface area contributed by atoms with Crippen molar-refractivity contribution in [2.75, 3.05) is 6.54 Å². The van der Waals surface area contributed by atoms with Gasteiger partial charge in [-0.1, -0.05) is 0 Å². The molecule has 0 rings (SSSR count). The first kappa shape index (κ1) is 8.01. The van der Waals surface area contributed by atoms with Gasteiger partial charge in [0.05, 0.1) is 0 Å². The van der Waals surface area contributed by atoms with Gasteiger partial charge in [0.1, 0.15) is 12.2 Å². The lowest BCUT2D eigenvalue weighted by Gasteiger charge is -1.85. The van der Waals surface area contributed by atoms with Crippen molar-refractivity contribution in [3.8, 4) is 0 Å². The molecular weight excluding hydrogens is 114 g/mol. The van der Waals surface area contributed by atoms with Gasteiger partial charge in [-0.3, -0.25) is 9.98 Å². The summed E-state index contributed by atoms with van der Waals surface area (Å²) in [5.74, 6) is 0.741. The van der Waals surface area contributed by atoms with Crippen molar-refractivity contribution in [2.45, 2.75) is 13.8 Å². The van der Waals surface area contributed by atoms with Gasteiger partial charge in [0.15, 0.2) is 0 Å². The molecule has 0 N–H and O–H groups in total. The zero-order chi connectivity index (χ0) is 7.11. The minimum absolute atomic E-state index is 0.741. The molecule has 0 aliphatic rings. The Morgan fingerprint density at radius 3 is 2.78 bits per heavy atom. The molecule has 0 radical (unpaired) electrons. The van der Waals surface area contributed by atoms with Crippen LogP contribution in [0, 0.1) is 0 Å². The van der Waals surface area contributed by atoms with Gasteiger partial charge in [-0.05, 0) is 20.6 Å². The molecule has 0 saturated carbocycles. The summed E-state index contributed by atoms with van der Waals surface area (Å²) in [5, 5.41) is 0. The molecule has 50 valence electrons. The summed E-state index contributed by atoms with van der Waals surface area (Å²) in [6.07, 6.45) is 1.38. The average Bonchev–Trinajstić information content (AvgIpc) is 1.85. The average molecular weight is 125 g/mol. The number of aliphatic imine (C=N–C) groups is 3. The summed E-state index contributed by atoms with van der Waals surface area (Å²) in [6, 6.07) is 0. The number of nitrogens with zero attached hydrogens (tertiary/aromatic N) is 3. The molecular formula is C6H11N3. The van der Waals surface area contributed by atoms with Crippen molar-refractivity contribution < 1.29 is 0 Å². The van der Waals surface area contributed by atoms with E-state index in [-0.39, 0.29) is 0 Å². The second-order valence-corrected chi connectivity index (χ2v) is 1.45. The summed E-state index contributed by atoms with van der Waals surface area (Å²) in [6.45, 7) is 7.79. The monoisotopic (exact) mass is 125 g/mol. The maximum Gasteiger partial charge on any atom is 0.121 e. The third-order valence-electron chi connectivity index (χ3n) is 0.713. The lowest BCUT2D eigenvalue weighted by atomic mass is 10.6. The maximum atomic E-state index is 3.99. The van der Waals surface area contributed by atoms with Crippen molar-refractivity contribution >= 4 is 18.9 Å². The Balaban J connectivity index is 3.74. The molecule has 0 aromatic carbocycles. The SMILES string of the molecule is C=NC=NC(C)=NCC. The van der Waals surface area contributed by atoms with Gasteiger partial charge in [-0.15, -0.1) is 0 Å². The van der Waals surface area contributed by atoms with E-state index < -0.39 is 0 Å². The molecule has 0 atom stereocenters. The second-order valence-electron chi connectivity index (χ2n) is 1.45. The summed E-state index contributed by atoms with van der Waals surface area (Å²) in [4.78, 5) is 11.3. The van der Waals surface area contributed by atoms with Crippen molar-refractivity contribution in [2.24, 2.45) is 15.0 Å². The minimum atomic E-state index is 0.741. The van der Waals surface area contributed by atoms with Crippen LogP contribution in [-0.2, 0) is 0 Å². The molecule has 9 heavy (non-hydrogen) atoms. The van der Waals surface area contributed by atoms with Crippen molar-refractivity contribution in [3.63, 3.8) is 0 Å². The predicted octanol–water partition coefficient (Wildman–Crippen LogP) is 1.15. The van der Waals surface area contributed by atoms with Crippen molar-refractivity contribution in [1.29, 1.82) is 0 Å². The first-order valence-corrected chi connectivity index (χ1v) is 2.80. The van der Waals surface area contributed by atoms with Crippen LogP contribution < -0.4 is 0 Å². The standard InChI is InChI=1S/C6H11N3/c1-4-8-6(2)9-5-7-3/h5H,3-4H2,1-2H3. The number of amidine groups is 1. The van der Waals surface area contributed by atoms with Crippen molar-refractivity contribution in [3.05, 3.63) is 0 Å². The predicted molar refractivity (Wildman–Crippen MR) is 41.7 cm³/mol. The summed E-state index contributed by atoms with van der Waals surface area (Å²) >= 11 is 0. The quantitative estimate of drug-likeness (QED) is 0.392. The van der Waals surface area contributed by atoms with Gasteiger partial charge in [0, 0.05) is 6.54 Å². The van der Waals surface area contributed by atoms with E-state index in [4.69, 9.17) is 0 Å². The number of hydrogen-bond acceptors (Lipinski definition) is 1. The molecule has 0 saturated heterocycles. The van der Waals surface area contributed by atoms with Gasteiger partial charge < -0.3 is 0 Å². The van der Waals surface area contributed by atoms with Crippen LogP contribution in [0.3, 0.4) is 0 Å². The molecule has 0 aromatic rings. The van der Waals surface area contributed by atoms with E-state index in [1.807, 2.05) is 13.8 Å². The zero-order valence-electron chi connectivity index (χ0n) is 5.83. The largest absolute Gasteiger partial charge is 0.271 e. The highest BCUT2D eigenvalue weighted by Crippen LogP contribution is 1.77. The third kappa shape index (κ3) is 4.87. The first-order chi connectivity index (χ1) is 4.31. The Labute approximate surface area is 55.2 Å². The highest BCUT2D eigenvalue weighted by atomic mass is 14.9. The molecule has 0 heterocycles. The highest BCUT2D eigenvalue weighted by molar-refractivity contribution is 5.87. The lowest BCUT2D eigenvalue weighted by Crippen LogP contribution is -1.85. The van der Waals surface area contributed by atoms with Gasteiger partial charge in [-0.25, -0.2) is 4.99 Å². The van der Waals surface area contributed by atoms with E-state index in [9.17, 15) is 0 Å². The van der Waals surface area contributed by atoms with Crippen LogP contribution in [-0.4, -0.2) is 25.4 Å². The van der Waals surface area contributed by atoms with E-state index >= 15 is 0 Å². The van der Waals surface area contributed by atoms with Gasteiger partial charge >= 0.3 is 0 Å². The van der Waals surface area contributed by atoms with Gasteiger partial charge in [-0.2, -0.15) is 0 Å². The summed E-state index contributed by atoms with van der Waals surface area (Å²) in [7, 11) is 0. The van der Waals surface area contributed by atoms with E-state index in [1.54, 1.807) is 0 Å². The zero-order valence-corrected chi connectivity index (χ0v) is 5.83. The lowest BCUT2D eigenvalue weighted by molar-refractivity contribution is 1.12. The van der Waals surface area contributed by atoms with Gasteiger partial charge in [0.2, 0.25) is 0 Å². The van der Waals surface area contributed by atoms with E-state index in [0.29, 0.717) is 0 Å². The van der Waals surface area contributed by atoms with Crippen molar-refractivity contribution in [1.82, 2.24) is 0 Å². The molecule has 0 unspecified atom stereocenters. The molecule has 0 spiro atoms. The van der Waals surface area contributed by atoms with Crippen LogP contribution in [0.15, 0.2) is 15.0 Å². The number of hydrogen-bond donors (Lipinski definition) is 0.